The minimum Gasteiger partial charge on any atom is -0.300 e. The highest BCUT2D eigenvalue weighted by Gasteiger charge is 2.37. The molecule has 1 heterocycles. The standard InChI is InChI=1S/C19H34N2/c1-3-5-6-17-9-14-21(15-10-17)18-7-12-19(16-20,11-4-2)13-8-18/h17-18H,3-15H2,1-2H3/t18-,19-. The summed E-state index contributed by atoms with van der Waals surface area (Å²) in [5.74, 6) is 0.989. The van der Waals surface area contributed by atoms with Gasteiger partial charge in [0.15, 0.2) is 0 Å². The van der Waals surface area contributed by atoms with Crippen molar-refractivity contribution >= 4 is 0 Å². The van der Waals surface area contributed by atoms with E-state index in [1.807, 2.05) is 0 Å². The summed E-state index contributed by atoms with van der Waals surface area (Å²) in [5, 5.41) is 9.52. The molecule has 0 spiro atoms. The third kappa shape index (κ3) is 4.46. The van der Waals surface area contributed by atoms with E-state index in [9.17, 15) is 5.26 Å². The van der Waals surface area contributed by atoms with Crippen LogP contribution >= 0.6 is 0 Å². The van der Waals surface area contributed by atoms with Gasteiger partial charge in [0, 0.05) is 6.04 Å². The van der Waals surface area contributed by atoms with Gasteiger partial charge in [0.1, 0.15) is 0 Å². The van der Waals surface area contributed by atoms with E-state index in [0.29, 0.717) is 0 Å². The number of unbranched alkanes of at least 4 members (excludes halogenated alkanes) is 1. The Morgan fingerprint density at radius 3 is 2.24 bits per heavy atom. The van der Waals surface area contributed by atoms with Gasteiger partial charge in [-0.1, -0.05) is 39.5 Å². The van der Waals surface area contributed by atoms with Crippen LogP contribution in [0.25, 0.3) is 0 Å². The molecule has 1 aliphatic heterocycles. The van der Waals surface area contributed by atoms with Gasteiger partial charge in [-0.15, -0.1) is 0 Å². The Morgan fingerprint density at radius 2 is 1.71 bits per heavy atom. The second kappa shape index (κ2) is 8.18. The maximum absolute atomic E-state index is 9.52. The number of likely N-dealkylation sites (tertiary alicyclic amines) is 1. The van der Waals surface area contributed by atoms with Gasteiger partial charge >= 0.3 is 0 Å². The molecule has 1 aliphatic carbocycles. The van der Waals surface area contributed by atoms with Gasteiger partial charge in [-0.2, -0.15) is 5.26 Å². The highest BCUT2D eigenvalue weighted by molar-refractivity contribution is 5.02. The molecule has 0 bridgehead atoms. The molecule has 1 saturated heterocycles. The molecule has 2 heteroatoms. The van der Waals surface area contributed by atoms with Gasteiger partial charge < -0.3 is 4.90 Å². The van der Waals surface area contributed by atoms with Crippen molar-refractivity contribution in [3.05, 3.63) is 0 Å². The number of hydrogen-bond acceptors (Lipinski definition) is 2. The van der Waals surface area contributed by atoms with Crippen molar-refractivity contribution in [2.75, 3.05) is 13.1 Å². The van der Waals surface area contributed by atoms with Crippen molar-refractivity contribution in [2.24, 2.45) is 11.3 Å². The maximum atomic E-state index is 9.52. The zero-order valence-electron chi connectivity index (χ0n) is 14.2. The van der Waals surface area contributed by atoms with Crippen molar-refractivity contribution in [2.45, 2.75) is 90.5 Å². The van der Waals surface area contributed by atoms with Crippen molar-refractivity contribution in [3.8, 4) is 6.07 Å². The van der Waals surface area contributed by atoms with Crippen LogP contribution in [0, 0.1) is 22.7 Å². The van der Waals surface area contributed by atoms with Crippen LogP contribution in [0.2, 0.25) is 0 Å². The minimum atomic E-state index is 0.0185. The van der Waals surface area contributed by atoms with Crippen molar-refractivity contribution in [1.82, 2.24) is 4.90 Å². The van der Waals surface area contributed by atoms with Crippen LogP contribution < -0.4 is 0 Å². The van der Waals surface area contributed by atoms with Gasteiger partial charge in [0.2, 0.25) is 0 Å². The number of rotatable bonds is 6. The fourth-order valence-electron chi connectivity index (χ4n) is 4.52. The Balaban J connectivity index is 1.75. The van der Waals surface area contributed by atoms with Crippen LogP contribution in [-0.2, 0) is 0 Å². The number of nitrogens with zero attached hydrogens (tertiary/aromatic N) is 2. The summed E-state index contributed by atoms with van der Waals surface area (Å²) in [6.07, 6.45) is 14.1. The molecule has 0 unspecified atom stereocenters. The monoisotopic (exact) mass is 290 g/mol. The highest BCUT2D eigenvalue weighted by atomic mass is 15.2. The van der Waals surface area contributed by atoms with Crippen LogP contribution in [0.5, 0.6) is 0 Å². The molecule has 120 valence electrons. The molecule has 2 rings (SSSR count). The Hall–Kier alpha value is -0.550. The van der Waals surface area contributed by atoms with Gasteiger partial charge in [-0.25, -0.2) is 0 Å². The number of nitriles is 1. The maximum Gasteiger partial charge on any atom is 0.0689 e. The van der Waals surface area contributed by atoms with E-state index in [0.717, 1.165) is 37.6 Å². The van der Waals surface area contributed by atoms with Gasteiger partial charge in [0.05, 0.1) is 11.5 Å². The van der Waals surface area contributed by atoms with E-state index < -0.39 is 0 Å². The fraction of sp³-hybridized carbons (Fsp3) is 0.947. The van der Waals surface area contributed by atoms with Gasteiger partial charge in [-0.3, -0.25) is 0 Å². The minimum absolute atomic E-state index is 0.0185. The molecule has 2 fully saturated rings. The first kappa shape index (κ1) is 16.8. The Kier molecular flexibility index (Phi) is 6.55. The summed E-state index contributed by atoms with van der Waals surface area (Å²) in [6.45, 7) is 7.14. The van der Waals surface area contributed by atoms with E-state index in [1.54, 1.807) is 0 Å². The third-order valence-electron chi connectivity index (χ3n) is 6.01. The molecule has 2 nitrogen and oxygen atoms in total. The molecule has 0 radical (unpaired) electrons. The molecular weight excluding hydrogens is 256 g/mol. The molecule has 0 N–H and O–H groups in total. The van der Waals surface area contributed by atoms with Crippen LogP contribution in [0.4, 0.5) is 0 Å². The molecule has 0 aromatic rings. The second-order valence-electron chi connectivity index (χ2n) is 7.49. The van der Waals surface area contributed by atoms with E-state index in [-0.39, 0.29) is 5.41 Å². The average molecular weight is 290 g/mol. The smallest absolute Gasteiger partial charge is 0.0689 e. The SMILES string of the molecule is CCCCC1CCN([C@H]2CC[C@@](C#N)(CCC)CC2)CC1. The predicted molar refractivity (Wildman–Crippen MR) is 89.0 cm³/mol. The van der Waals surface area contributed by atoms with Crippen LogP contribution in [0.1, 0.15) is 84.5 Å². The van der Waals surface area contributed by atoms with E-state index in [1.165, 1.54) is 58.0 Å². The zero-order chi connectivity index (χ0) is 15.1. The lowest BCUT2D eigenvalue weighted by Gasteiger charge is -2.43. The molecule has 0 aromatic carbocycles. The first-order valence-corrected chi connectivity index (χ1v) is 9.38. The van der Waals surface area contributed by atoms with E-state index in [2.05, 4.69) is 24.8 Å². The average Bonchev–Trinajstić information content (AvgIpc) is 2.54. The molecule has 2 aliphatic rings. The first-order valence-electron chi connectivity index (χ1n) is 9.38. The highest BCUT2D eigenvalue weighted by Crippen LogP contribution is 2.41. The molecular formula is C19H34N2. The first-order chi connectivity index (χ1) is 10.2. The Morgan fingerprint density at radius 1 is 1.05 bits per heavy atom. The summed E-state index contributed by atoms with van der Waals surface area (Å²) >= 11 is 0. The molecule has 1 saturated carbocycles. The molecule has 0 amide bonds. The van der Waals surface area contributed by atoms with Gasteiger partial charge in [0.25, 0.3) is 0 Å². The zero-order valence-corrected chi connectivity index (χ0v) is 14.2. The molecule has 0 atom stereocenters. The molecule has 0 aromatic heterocycles. The van der Waals surface area contributed by atoms with E-state index >= 15 is 0 Å². The topological polar surface area (TPSA) is 27.0 Å². The Labute approximate surface area is 131 Å². The van der Waals surface area contributed by atoms with E-state index in [4.69, 9.17) is 0 Å². The van der Waals surface area contributed by atoms with Crippen LogP contribution in [0.15, 0.2) is 0 Å². The van der Waals surface area contributed by atoms with Crippen molar-refractivity contribution in [1.29, 1.82) is 5.26 Å². The quantitative estimate of drug-likeness (QED) is 0.677. The lowest BCUT2D eigenvalue weighted by molar-refractivity contribution is 0.0761. The van der Waals surface area contributed by atoms with Crippen LogP contribution in [0.3, 0.4) is 0 Å². The third-order valence-corrected chi connectivity index (χ3v) is 6.01. The van der Waals surface area contributed by atoms with Crippen molar-refractivity contribution in [3.63, 3.8) is 0 Å². The summed E-state index contributed by atoms with van der Waals surface area (Å²) in [7, 11) is 0. The largest absolute Gasteiger partial charge is 0.300 e. The summed E-state index contributed by atoms with van der Waals surface area (Å²) in [6, 6.07) is 3.43. The van der Waals surface area contributed by atoms with Gasteiger partial charge in [-0.05, 0) is 64.0 Å². The summed E-state index contributed by atoms with van der Waals surface area (Å²) in [5.41, 5.74) is 0.0185. The lowest BCUT2D eigenvalue weighted by atomic mass is 9.70. The summed E-state index contributed by atoms with van der Waals surface area (Å²) < 4.78 is 0. The number of piperidine rings is 1. The summed E-state index contributed by atoms with van der Waals surface area (Å²) in [4.78, 5) is 2.75. The second-order valence-corrected chi connectivity index (χ2v) is 7.49. The molecule has 21 heavy (non-hydrogen) atoms. The Bertz CT molecular complexity index is 328. The normalized spacial score (nSPS) is 32.0. The fourth-order valence-corrected chi connectivity index (χ4v) is 4.52. The predicted octanol–water partition coefficient (Wildman–Crippen LogP) is 5.14. The van der Waals surface area contributed by atoms with Crippen LogP contribution in [-0.4, -0.2) is 24.0 Å². The lowest BCUT2D eigenvalue weighted by Crippen LogP contribution is -2.44. The van der Waals surface area contributed by atoms with Crippen molar-refractivity contribution < 1.29 is 0 Å². The number of hydrogen-bond donors (Lipinski definition) is 0.